The van der Waals surface area contributed by atoms with Crippen LogP contribution in [0.25, 0.3) is 0 Å². The standard InChI is InChI=1S/C11H21F3N2/c1-16(8-6-11(12,13)14)9-7-15-10-4-2-3-5-10/h10,15H,2-9H2,1H3. The van der Waals surface area contributed by atoms with Gasteiger partial charge in [-0.1, -0.05) is 12.8 Å². The monoisotopic (exact) mass is 238 g/mol. The molecule has 2 nitrogen and oxygen atoms in total. The van der Waals surface area contributed by atoms with Crippen LogP contribution in [0.2, 0.25) is 0 Å². The van der Waals surface area contributed by atoms with Crippen LogP contribution in [0.3, 0.4) is 0 Å². The molecule has 0 aromatic heterocycles. The molecule has 16 heavy (non-hydrogen) atoms. The lowest BCUT2D eigenvalue weighted by molar-refractivity contribution is -0.137. The van der Waals surface area contributed by atoms with Crippen molar-refractivity contribution < 1.29 is 13.2 Å². The van der Waals surface area contributed by atoms with Gasteiger partial charge in [0.05, 0.1) is 6.42 Å². The van der Waals surface area contributed by atoms with Crippen molar-refractivity contribution in [3.05, 3.63) is 0 Å². The van der Waals surface area contributed by atoms with Gasteiger partial charge >= 0.3 is 6.18 Å². The van der Waals surface area contributed by atoms with Gasteiger partial charge in [0.2, 0.25) is 0 Å². The fourth-order valence-corrected chi connectivity index (χ4v) is 2.02. The minimum absolute atomic E-state index is 0.0931. The van der Waals surface area contributed by atoms with E-state index < -0.39 is 12.6 Å². The molecule has 1 aliphatic carbocycles. The van der Waals surface area contributed by atoms with Gasteiger partial charge in [-0.15, -0.1) is 0 Å². The third-order valence-electron chi connectivity index (χ3n) is 3.06. The first-order chi connectivity index (χ1) is 7.47. The maximum Gasteiger partial charge on any atom is 0.390 e. The summed E-state index contributed by atoms with van der Waals surface area (Å²) in [5.41, 5.74) is 0. The van der Waals surface area contributed by atoms with Gasteiger partial charge in [0.1, 0.15) is 0 Å². The van der Waals surface area contributed by atoms with E-state index >= 15 is 0 Å². The predicted octanol–water partition coefficient (Wildman–Crippen LogP) is 2.40. The molecular formula is C11H21F3N2. The van der Waals surface area contributed by atoms with Gasteiger partial charge in [0.15, 0.2) is 0 Å². The van der Waals surface area contributed by atoms with E-state index in [-0.39, 0.29) is 6.54 Å². The van der Waals surface area contributed by atoms with Crippen LogP contribution in [0.15, 0.2) is 0 Å². The Hall–Kier alpha value is -0.290. The van der Waals surface area contributed by atoms with Crippen LogP contribution >= 0.6 is 0 Å². The van der Waals surface area contributed by atoms with Crippen LogP contribution in [0, 0.1) is 0 Å². The van der Waals surface area contributed by atoms with Crippen LogP contribution < -0.4 is 5.32 Å². The maximum absolute atomic E-state index is 11.9. The van der Waals surface area contributed by atoms with Gasteiger partial charge in [0, 0.05) is 25.7 Å². The molecule has 1 aliphatic rings. The Balaban J connectivity index is 1.99. The van der Waals surface area contributed by atoms with E-state index in [0.29, 0.717) is 12.6 Å². The average molecular weight is 238 g/mol. The second kappa shape index (κ2) is 6.45. The van der Waals surface area contributed by atoms with Crippen molar-refractivity contribution >= 4 is 0 Å². The van der Waals surface area contributed by atoms with E-state index in [0.717, 1.165) is 6.54 Å². The molecule has 0 aliphatic heterocycles. The Bertz CT molecular complexity index is 188. The number of halogens is 3. The summed E-state index contributed by atoms with van der Waals surface area (Å²) in [6.07, 6.45) is 0.238. The minimum Gasteiger partial charge on any atom is -0.313 e. The summed E-state index contributed by atoms with van der Waals surface area (Å²) in [7, 11) is 1.74. The average Bonchev–Trinajstić information content (AvgIpc) is 2.66. The molecule has 0 amide bonds. The maximum atomic E-state index is 11.9. The van der Waals surface area contributed by atoms with Crippen molar-refractivity contribution in [1.82, 2.24) is 10.2 Å². The molecule has 0 aromatic rings. The predicted molar refractivity (Wildman–Crippen MR) is 58.4 cm³/mol. The Morgan fingerprint density at radius 1 is 1.19 bits per heavy atom. The van der Waals surface area contributed by atoms with E-state index in [1.165, 1.54) is 25.7 Å². The number of hydrogen-bond donors (Lipinski definition) is 1. The van der Waals surface area contributed by atoms with E-state index in [1.807, 2.05) is 0 Å². The summed E-state index contributed by atoms with van der Waals surface area (Å²) in [6.45, 7) is 1.57. The molecule has 0 bridgehead atoms. The molecule has 0 unspecified atom stereocenters. The van der Waals surface area contributed by atoms with Gasteiger partial charge < -0.3 is 10.2 Å². The topological polar surface area (TPSA) is 15.3 Å². The second-order valence-electron chi connectivity index (χ2n) is 4.60. The van der Waals surface area contributed by atoms with Crippen LogP contribution in [0.1, 0.15) is 32.1 Å². The number of likely N-dealkylation sites (N-methyl/N-ethyl adjacent to an activating group) is 1. The number of nitrogens with one attached hydrogen (secondary N) is 1. The minimum atomic E-state index is -4.03. The Kier molecular flexibility index (Phi) is 5.55. The molecule has 5 heteroatoms. The van der Waals surface area contributed by atoms with Gasteiger partial charge in [-0.3, -0.25) is 0 Å². The van der Waals surface area contributed by atoms with Crippen molar-refractivity contribution in [3.63, 3.8) is 0 Å². The number of nitrogens with zero attached hydrogens (tertiary/aromatic N) is 1. The number of rotatable bonds is 6. The highest BCUT2D eigenvalue weighted by Gasteiger charge is 2.26. The van der Waals surface area contributed by atoms with Gasteiger partial charge in [-0.2, -0.15) is 13.2 Å². The van der Waals surface area contributed by atoms with Crippen molar-refractivity contribution in [2.45, 2.75) is 44.3 Å². The third-order valence-corrected chi connectivity index (χ3v) is 3.06. The second-order valence-corrected chi connectivity index (χ2v) is 4.60. The Morgan fingerprint density at radius 2 is 1.81 bits per heavy atom. The molecule has 0 saturated heterocycles. The summed E-state index contributed by atoms with van der Waals surface area (Å²) in [5.74, 6) is 0. The van der Waals surface area contributed by atoms with E-state index in [1.54, 1.807) is 11.9 Å². The summed E-state index contributed by atoms with van der Waals surface area (Å²) >= 11 is 0. The van der Waals surface area contributed by atoms with E-state index in [2.05, 4.69) is 5.32 Å². The molecule has 1 N–H and O–H groups in total. The first kappa shape index (κ1) is 13.8. The van der Waals surface area contributed by atoms with Crippen LogP contribution in [0.4, 0.5) is 13.2 Å². The Morgan fingerprint density at radius 3 is 2.38 bits per heavy atom. The van der Waals surface area contributed by atoms with Gasteiger partial charge in [-0.05, 0) is 19.9 Å². The SMILES string of the molecule is CN(CCNC1CCCC1)CCC(F)(F)F. The zero-order valence-electron chi connectivity index (χ0n) is 9.82. The van der Waals surface area contributed by atoms with Crippen LogP contribution in [-0.2, 0) is 0 Å². The van der Waals surface area contributed by atoms with E-state index in [4.69, 9.17) is 0 Å². The van der Waals surface area contributed by atoms with Gasteiger partial charge in [-0.25, -0.2) is 0 Å². The fraction of sp³-hybridized carbons (Fsp3) is 1.00. The number of alkyl halides is 3. The highest BCUT2D eigenvalue weighted by atomic mass is 19.4. The van der Waals surface area contributed by atoms with E-state index in [9.17, 15) is 13.2 Å². The zero-order valence-corrected chi connectivity index (χ0v) is 9.82. The Labute approximate surface area is 95.2 Å². The van der Waals surface area contributed by atoms with Crippen molar-refractivity contribution in [2.75, 3.05) is 26.7 Å². The molecule has 0 heterocycles. The van der Waals surface area contributed by atoms with Crippen molar-refractivity contribution in [2.24, 2.45) is 0 Å². The quantitative estimate of drug-likeness (QED) is 0.764. The summed E-state index contributed by atoms with van der Waals surface area (Å²) in [6, 6.07) is 0.594. The lowest BCUT2D eigenvalue weighted by Gasteiger charge is -2.19. The van der Waals surface area contributed by atoms with Crippen LogP contribution in [-0.4, -0.2) is 43.8 Å². The number of hydrogen-bond acceptors (Lipinski definition) is 2. The fourth-order valence-electron chi connectivity index (χ4n) is 2.02. The normalized spacial score (nSPS) is 18.6. The molecule has 1 fully saturated rings. The smallest absolute Gasteiger partial charge is 0.313 e. The molecule has 0 radical (unpaired) electrons. The molecule has 0 spiro atoms. The molecule has 0 aromatic carbocycles. The first-order valence-electron chi connectivity index (χ1n) is 5.96. The highest BCUT2D eigenvalue weighted by molar-refractivity contribution is 4.73. The summed E-state index contributed by atoms with van der Waals surface area (Å²) in [4.78, 5) is 1.73. The van der Waals surface area contributed by atoms with Crippen LogP contribution in [0.5, 0.6) is 0 Å². The summed E-state index contributed by atoms with van der Waals surface area (Å²) < 4.78 is 35.8. The van der Waals surface area contributed by atoms with Crippen molar-refractivity contribution in [3.8, 4) is 0 Å². The van der Waals surface area contributed by atoms with Crippen molar-refractivity contribution in [1.29, 1.82) is 0 Å². The van der Waals surface area contributed by atoms with Gasteiger partial charge in [0.25, 0.3) is 0 Å². The highest BCUT2D eigenvalue weighted by Crippen LogP contribution is 2.19. The largest absolute Gasteiger partial charge is 0.390 e. The zero-order chi connectivity index (χ0) is 12.0. The lowest BCUT2D eigenvalue weighted by atomic mass is 10.2. The first-order valence-corrected chi connectivity index (χ1v) is 5.96. The molecule has 1 saturated carbocycles. The molecular weight excluding hydrogens is 217 g/mol. The molecule has 96 valence electrons. The summed E-state index contributed by atoms with van der Waals surface area (Å²) in [5, 5.41) is 3.39. The lowest BCUT2D eigenvalue weighted by Crippen LogP contribution is -2.35. The third kappa shape index (κ3) is 6.33. The molecule has 1 rings (SSSR count). The molecule has 0 atom stereocenters.